The van der Waals surface area contributed by atoms with E-state index in [0.717, 1.165) is 17.4 Å². The molecule has 0 atom stereocenters. The van der Waals surface area contributed by atoms with Crippen LogP contribution >= 0.6 is 11.3 Å². The van der Waals surface area contributed by atoms with E-state index in [4.69, 9.17) is 0 Å². The molecule has 0 radical (unpaired) electrons. The number of hydrogen-bond acceptors (Lipinski definition) is 4. The molecule has 2 aromatic carbocycles. The van der Waals surface area contributed by atoms with Crippen LogP contribution in [0.5, 0.6) is 0 Å². The van der Waals surface area contributed by atoms with Gasteiger partial charge in [0, 0.05) is 17.1 Å². The number of H-pyrrole nitrogens is 1. The Kier molecular flexibility index (Phi) is 5.13. The van der Waals surface area contributed by atoms with E-state index < -0.39 is 28.9 Å². The minimum Gasteiger partial charge on any atom is -0.319 e. The quantitative estimate of drug-likeness (QED) is 0.517. The predicted molar refractivity (Wildman–Crippen MR) is 108 cm³/mol. The van der Waals surface area contributed by atoms with Crippen molar-refractivity contribution in [1.82, 2.24) is 9.97 Å². The molecule has 1 amide bonds. The number of carbonyl (C=O) groups is 1. The number of fused-ring (bicyclic) bond motifs is 1. The average molecular weight is 429 g/mol. The lowest BCUT2D eigenvalue weighted by Crippen LogP contribution is -2.31. The third-order valence-corrected chi connectivity index (χ3v) is 5.56. The molecule has 0 fully saturated rings. The van der Waals surface area contributed by atoms with Gasteiger partial charge in [0.05, 0.1) is 23.3 Å². The second-order valence-corrected chi connectivity index (χ2v) is 7.43. The summed E-state index contributed by atoms with van der Waals surface area (Å²) in [4.78, 5) is 33.4. The molecule has 0 aliphatic rings. The van der Waals surface area contributed by atoms with Crippen LogP contribution in [0, 0.1) is 24.4 Å². The van der Waals surface area contributed by atoms with Crippen LogP contribution in [-0.4, -0.2) is 15.9 Å². The second kappa shape index (κ2) is 7.75. The van der Waals surface area contributed by atoms with Crippen molar-refractivity contribution in [3.05, 3.63) is 91.9 Å². The predicted octanol–water partition coefficient (Wildman–Crippen LogP) is 4.56. The molecule has 9 heteroatoms. The maximum absolute atomic E-state index is 14.2. The summed E-state index contributed by atoms with van der Waals surface area (Å²) in [5.41, 5.74) is 1.84. The molecule has 0 bridgehead atoms. The first kappa shape index (κ1) is 19.8. The lowest BCUT2D eigenvalue weighted by molar-refractivity contribution is 0.0988. The fourth-order valence-corrected chi connectivity index (χ4v) is 3.92. The van der Waals surface area contributed by atoms with Gasteiger partial charge in [-0.2, -0.15) is 0 Å². The molecular weight excluding hydrogens is 415 g/mol. The second-order valence-electron chi connectivity index (χ2n) is 6.58. The zero-order valence-electron chi connectivity index (χ0n) is 15.6. The van der Waals surface area contributed by atoms with Crippen LogP contribution in [0.15, 0.2) is 52.8 Å². The monoisotopic (exact) mass is 429 g/mol. The molecule has 0 aliphatic carbocycles. The van der Waals surface area contributed by atoms with Crippen LogP contribution in [-0.2, 0) is 6.54 Å². The molecule has 2 aromatic heterocycles. The number of thiazole rings is 1. The van der Waals surface area contributed by atoms with Gasteiger partial charge in [-0.1, -0.05) is 0 Å². The van der Waals surface area contributed by atoms with Crippen LogP contribution in [0.3, 0.4) is 0 Å². The molecule has 1 N–H and O–H groups in total. The Morgan fingerprint density at radius 1 is 1.13 bits per heavy atom. The Labute approximate surface area is 172 Å². The molecule has 152 valence electrons. The number of aromatic amines is 1. The van der Waals surface area contributed by atoms with E-state index in [-0.39, 0.29) is 17.4 Å². The van der Waals surface area contributed by atoms with Crippen molar-refractivity contribution in [2.45, 2.75) is 13.5 Å². The van der Waals surface area contributed by atoms with Crippen molar-refractivity contribution in [3.63, 3.8) is 0 Å². The SMILES string of the molecule is Cc1ncsc1C(=O)N(Cc1cc(=O)[nH]c2c(F)c(F)ccc12)c1ccc(F)cc1. The van der Waals surface area contributed by atoms with Gasteiger partial charge in [0.15, 0.2) is 11.6 Å². The van der Waals surface area contributed by atoms with Gasteiger partial charge in [0.2, 0.25) is 5.56 Å². The minimum absolute atomic E-state index is 0.118. The van der Waals surface area contributed by atoms with Gasteiger partial charge >= 0.3 is 0 Å². The Bertz CT molecular complexity index is 1320. The normalized spacial score (nSPS) is 11.1. The first-order chi connectivity index (χ1) is 14.3. The number of rotatable bonds is 4. The van der Waals surface area contributed by atoms with Crippen molar-refractivity contribution < 1.29 is 18.0 Å². The standard InChI is InChI=1S/C21H14F3N3O2S/c1-11-20(30-10-25-11)21(29)27(14-4-2-13(22)3-5-14)9-12-8-17(28)26-19-15(12)6-7-16(23)18(19)24/h2-8,10H,9H2,1H3,(H,26,28). The first-order valence-electron chi connectivity index (χ1n) is 8.82. The molecule has 0 unspecified atom stereocenters. The number of pyridine rings is 1. The highest BCUT2D eigenvalue weighted by molar-refractivity contribution is 7.12. The Morgan fingerprint density at radius 3 is 2.53 bits per heavy atom. The van der Waals surface area contributed by atoms with Crippen LogP contribution in [0.2, 0.25) is 0 Å². The highest BCUT2D eigenvalue weighted by atomic mass is 32.1. The number of benzene rings is 2. The van der Waals surface area contributed by atoms with E-state index in [0.29, 0.717) is 21.8 Å². The molecule has 5 nitrogen and oxygen atoms in total. The molecule has 4 aromatic rings. The zero-order chi connectivity index (χ0) is 21.4. The number of aromatic nitrogens is 2. The number of amides is 1. The van der Waals surface area contributed by atoms with E-state index in [1.807, 2.05) is 0 Å². The summed E-state index contributed by atoms with van der Waals surface area (Å²) in [5, 5.41) is 0.259. The first-order valence-corrected chi connectivity index (χ1v) is 9.70. The Balaban J connectivity index is 1.86. The summed E-state index contributed by atoms with van der Waals surface area (Å²) in [6.45, 7) is 1.57. The number of carbonyl (C=O) groups excluding carboxylic acids is 1. The van der Waals surface area contributed by atoms with Crippen LogP contribution in [0.25, 0.3) is 10.9 Å². The number of aryl methyl sites for hydroxylation is 1. The highest BCUT2D eigenvalue weighted by Gasteiger charge is 2.23. The van der Waals surface area contributed by atoms with Crippen molar-refractivity contribution >= 4 is 33.8 Å². The minimum atomic E-state index is -1.18. The van der Waals surface area contributed by atoms with Crippen molar-refractivity contribution in [2.75, 3.05) is 4.90 Å². The third kappa shape index (κ3) is 3.59. The molecule has 0 aliphatic heterocycles. The van der Waals surface area contributed by atoms with Crippen LogP contribution < -0.4 is 10.5 Å². The molecule has 2 heterocycles. The molecular formula is C21H14F3N3O2S. The van der Waals surface area contributed by atoms with E-state index in [1.165, 1.54) is 46.8 Å². The van der Waals surface area contributed by atoms with Crippen LogP contribution in [0.1, 0.15) is 20.9 Å². The Morgan fingerprint density at radius 2 is 1.87 bits per heavy atom. The fraction of sp³-hybridized carbons (Fsp3) is 0.0952. The number of anilines is 1. The van der Waals surface area contributed by atoms with Gasteiger partial charge in [-0.15, -0.1) is 11.3 Å². The van der Waals surface area contributed by atoms with Gasteiger partial charge in [0.25, 0.3) is 5.91 Å². The average Bonchev–Trinajstić information content (AvgIpc) is 3.15. The van der Waals surface area contributed by atoms with Gasteiger partial charge < -0.3 is 9.88 Å². The summed E-state index contributed by atoms with van der Waals surface area (Å²) in [6.07, 6.45) is 0. The molecule has 0 saturated heterocycles. The molecule has 0 saturated carbocycles. The van der Waals surface area contributed by atoms with Crippen molar-refractivity contribution in [3.8, 4) is 0 Å². The number of halogens is 3. The topological polar surface area (TPSA) is 66.1 Å². The van der Waals surface area contributed by atoms with Crippen LogP contribution in [0.4, 0.5) is 18.9 Å². The fourth-order valence-electron chi connectivity index (χ4n) is 3.17. The number of nitrogens with one attached hydrogen (secondary N) is 1. The number of hydrogen-bond donors (Lipinski definition) is 1. The molecule has 30 heavy (non-hydrogen) atoms. The van der Waals surface area contributed by atoms with Gasteiger partial charge in [0.1, 0.15) is 10.7 Å². The molecule has 4 rings (SSSR count). The summed E-state index contributed by atoms with van der Waals surface area (Å²) in [5.74, 6) is -3.15. The zero-order valence-corrected chi connectivity index (χ0v) is 16.4. The van der Waals surface area contributed by atoms with Crippen molar-refractivity contribution in [1.29, 1.82) is 0 Å². The summed E-state index contributed by atoms with van der Waals surface area (Å²) >= 11 is 1.15. The molecule has 0 spiro atoms. The van der Waals surface area contributed by atoms with E-state index in [1.54, 1.807) is 6.92 Å². The van der Waals surface area contributed by atoms with Crippen molar-refractivity contribution in [2.24, 2.45) is 0 Å². The number of nitrogens with zero attached hydrogens (tertiary/aromatic N) is 2. The van der Waals surface area contributed by atoms with E-state index in [2.05, 4.69) is 9.97 Å². The largest absolute Gasteiger partial charge is 0.319 e. The smallest absolute Gasteiger partial charge is 0.270 e. The third-order valence-electron chi connectivity index (χ3n) is 4.65. The Hall–Kier alpha value is -3.46. The highest BCUT2D eigenvalue weighted by Crippen LogP contribution is 2.27. The summed E-state index contributed by atoms with van der Waals surface area (Å²) < 4.78 is 41.3. The van der Waals surface area contributed by atoms with Gasteiger partial charge in [-0.25, -0.2) is 18.2 Å². The lowest BCUT2D eigenvalue weighted by atomic mass is 10.1. The summed E-state index contributed by atoms with van der Waals surface area (Å²) in [6, 6.07) is 8.79. The van der Waals surface area contributed by atoms with Gasteiger partial charge in [-0.3, -0.25) is 9.59 Å². The van der Waals surface area contributed by atoms with E-state index >= 15 is 0 Å². The lowest BCUT2D eigenvalue weighted by Gasteiger charge is -2.23. The maximum atomic E-state index is 14.2. The maximum Gasteiger partial charge on any atom is 0.270 e. The summed E-state index contributed by atoms with van der Waals surface area (Å²) in [7, 11) is 0. The van der Waals surface area contributed by atoms with Gasteiger partial charge in [-0.05, 0) is 48.9 Å². The van der Waals surface area contributed by atoms with E-state index in [9.17, 15) is 22.8 Å².